The predicted octanol–water partition coefficient (Wildman–Crippen LogP) is 5.37. The summed E-state index contributed by atoms with van der Waals surface area (Å²) in [6, 6.07) is 5.94. The molecule has 1 aromatic carbocycles. The van der Waals surface area contributed by atoms with Gasteiger partial charge in [0.05, 0.1) is 12.4 Å². The lowest BCUT2D eigenvalue weighted by molar-refractivity contribution is -0.119. The van der Waals surface area contributed by atoms with Crippen LogP contribution in [0.4, 0.5) is 0 Å². The molecule has 0 unspecified atom stereocenters. The Balaban J connectivity index is 1.48. The lowest BCUT2D eigenvalue weighted by Crippen LogP contribution is -2.35. The van der Waals surface area contributed by atoms with Gasteiger partial charge in [-0.2, -0.15) is 0 Å². The van der Waals surface area contributed by atoms with E-state index in [0.29, 0.717) is 30.0 Å². The highest BCUT2D eigenvalue weighted by Crippen LogP contribution is 2.23. The minimum absolute atomic E-state index is 0.0725. The second-order valence-electron chi connectivity index (χ2n) is 8.20. The molecule has 0 radical (unpaired) electrons. The van der Waals surface area contributed by atoms with Crippen molar-refractivity contribution in [2.45, 2.75) is 76.0 Å². The summed E-state index contributed by atoms with van der Waals surface area (Å²) in [6.45, 7) is 7.03. The van der Waals surface area contributed by atoms with Crippen molar-refractivity contribution in [3.8, 4) is 5.75 Å². The van der Waals surface area contributed by atoms with Crippen molar-refractivity contribution in [1.82, 2.24) is 20.1 Å². The van der Waals surface area contributed by atoms with Gasteiger partial charge >= 0.3 is 0 Å². The largest absolute Gasteiger partial charge is 0.493 e. The number of aryl methyl sites for hydroxylation is 2. The zero-order valence-electron chi connectivity index (χ0n) is 18.8. The molecule has 1 saturated carbocycles. The lowest BCUT2D eigenvalue weighted by atomic mass is 10.1. The molecular formula is C24H33ClN4O2S. The summed E-state index contributed by atoms with van der Waals surface area (Å²) in [5.41, 5.74) is 1.02. The highest BCUT2D eigenvalue weighted by atomic mass is 35.5. The van der Waals surface area contributed by atoms with E-state index >= 15 is 0 Å². The summed E-state index contributed by atoms with van der Waals surface area (Å²) in [5.74, 6) is 2.15. The fraction of sp³-hybridized carbons (Fsp3) is 0.542. The molecule has 1 aliphatic rings. The smallest absolute Gasteiger partial charge is 0.230 e. The van der Waals surface area contributed by atoms with Crippen LogP contribution >= 0.6 is 23.4 Å². The first-order valence-electron chi connectivity index (χ1n) is 11.4. The normalized spacial score (nSPS) is 14.7. The highest BCUT2D eigenvalue weighted by molar-refractivity contribution is 7.99. The molecule has 6 nitrogen and oxygen atoms in total. The Morgan fingerprint density at radius 2 is 2.09 bits per heavy atom. The van der Waals surface area contributed by atoms with Crippen LogP contribution in [0, 0.1) is 6.92 Å². The van der Waals surface area contributed by atoms with E-state index in [0.717, 1.165) is 48.0 Å². The molecule has 8 heteroatoms. The molecule has 1 N–H and O–H groups in total. The fourth-order valence-electron chi connectivity index (χ4n) is 3.93. The zero-order valence-corrected chi connectivity index (χ0v) is 20.4. The zero-order chi connectivity index (χ0) is 22.8. The first-order valence-corrected chi connectivity index (χ1v) is 12.8. The van der Waals surface area contributed by atoms with Gasteiger partial charge in [0.2, 0.25) is 5.91 Å². The van der Waals surface area contributed by atoms with Crippen LogP contribution in [0.1, 0.15) is 56.3 Å². The number of hydrogen-bond donors (Lipinski definition) is 1. The number of nitrogens with one attached hydrogen (secondary N) is 1. The number of benzene rings is 1. The van der Waals surface area contributed by atoms with Crippen molar-refractivity contribution in [3.05, 3.63) is 47.3 Å². The molecule has 32 heavy (non-hydrogen) atoms. The van der Waals surface area contributed by atoms with Gasteiger partial charge in [0.15, 0.2) is 5.16 Å². The van der Waals surface area contributed by atoms with Crippen molar-refractivity contribution in [1.29, 1.82) is 0 Å². The molecule has 0 aliphatic heterocycles. The molecule has 174 valence electrons. The van der Waals surface area contributed by atoms with Crippen LogP contribution in [0.25, 0.3) is 0 Å². The number of thioether (sulfide) groups is 1. The Bertz CT molecular complexity index is 894. The van der Waals surface area contributed by atoms with E-state index in [-0.39, 0.29) is 5.91 Å². The van der Waals surface area contributed by atoms with E-state index in [1.165, 1.54) is 37.4 Å². The monoisotopic (exact) mass is 476 g/mol. The third-order valence-corrected chi connectivity index (χ3v) is 6.80. The molecule has 1 heterocycles. The van der Waals surface area contributed by atoms with Crippen LogP contribution in [0.2, 0.25) is 5.02 Å². The second kappa shape index (κ2) is 12.9. The van der Waals surface area contributed by atoms with Gasteiger partial charge in [-0.25, -0.2) is 0 Å². The third kappa shape index (κ3) is 7.55. The van der Waals surface area contributed by atoms with Crippen LogP contribution in [-0.2, 0) is 17.8 Å². The number of halogens is 1. The van der Waals surface area contributed by atoms with Crippen molar-refractivity contribution in [3.63, 3.8) is 0 Å². The van der Waals surface area contributed by atoms with E-state index in [1.54, 1.807) is 0 Å². The minimum atomic E-state index is 0.0725. The van der Waals surface area contributed by atoms with Gasteiger partial charge in [0.25, 0.3) is 0 Å². The number of ether oxygens (including phenoxy) is 1. The van der Waals surface area contributed by atoms with Crippen LogP contribution in [0.3, 0.4) is 0 Å². The Morgan fingerprint density at radius 3 is 2.81 bits per heavy atom. The number of rotatable bonds is 11. The Kier molecular flexibility index (Phi) is 9.93. The van der Waals surface area contributed by atoms with Crippen LogP contribution in [0.15, 0.2) is 36.0 Å². The van der Waals surface area contributed by atoms with Crippen molar-refractivity contribution in [2.24, 2.45) is 0 Å². The first kappa shape index (κ1) is 24.6. The number of hydrogen-bond acceptors (Lipinski definition) is 5. The maximum Gasteiger partial charge on any atom is 0.230 e. The lowest BCUT2D eigenvalue weighted by Gasteiger charge is -2.16. The average molecular weight is 477 g/mol. The number of carbonyl (C=O) groups is 1. The number of aromatic nitrogens is 3. The average Bonchev–Trinajstić information content (AvgIpc) is 2.96. The number of allylic oxidation sites excluding steroid dienone is 1. The van der Waals surface area contributed by atoms with Gasteiger partial charge in [0, 0.05) is 24.0 Å². The fourth-order valence-corrected chi connectivity index (χ4v) is 4.94. The summed E-state index contributed by atoms with van der Waals surface area (Å²) in [7, 11) is 0. The van der Waals surface area contributed by atoms with Crippen molar-refractivity contribution >= 4 is 29.3 Å². The quantitative estimate of drug-likeness (QED) is 0.204. The van der Waals surface area contributed by atoms with Gasteiger partial charge in [-0.15, -0.1) is 16.8 Å². The van der Waals surface area contributed by atoms with Crippen LogP contribution < -0.4 is 10.1 Å². The van der Waals surface area contributed by atoms with E-state index in [2.05, 4.69) is 22.1 Å². The van der Waals surface area contributed by atoms with Crippen molar-refractivity contribution in [2.75, 3.05) is 12.4 Å². The van der Waals surface area contributed by atoms with Gasteiger partial charge in [-0.3, -0.25) is 4.79 Å². The van der Waals surface area contributed by atoms with E-state index in [1.807, 2.05) is 35.8 Å². The number of carbonyl (C=O) groups excluding carboxylic acids is 1. The Labute approximate surface area is 200 Å². The van der Waals surface area contributed by atoms with Crippen molar-refractivity contribution < 1.29 is 9.53 Å². The Morgan fingerprint density at radius 1 is 1.31 bits per heavy atom. The highest BCUT2D eigenvalue weighted by Gasteiger charge is 2.17. The van der Waals surface area contributed by atoms with Crippen LogP contribution in [0.5, 0.6) is 5.75 Å². The molecule has 0 saturated heterocycles. The summed E-state index contributed by atoms with van der Waals surface area (Å²) in [6.07, 6.45) is 10.5. The molecule has 1 aromatic heterocycles. The predicted molar refractivity (Wildman–Crippen MR) is 131 cm³/mol. The topological polar surface area (TPSA) is 69.0 Å². The minimum Gasteiger partial charge on any atom is -0.493 e. The van der Waals surface area contributed by atoms with Gasteiger partial charge in [0.1, 0.15) is 11.6 Å². The number of nitrogens with zero attached hydrogens (tertiary/aromatic N) is 3. The van der Waals surface area contributed by atoms with E-state index in [4.69, 9.17) is 16.3 Å². The SMILES string of the molecule is C=CCn1c(CCCOc2ccc(Cl)cc2C)nnc1SCC(=O)NC1CCCCCC1. The maximum atomic E-state index is 12.4. The Hall–Kier alpha value is -1.99. The molecule has 0 spiro atoms. The summed E-state index contributed by atoms with van der Waals surface area (Å²) < 4.78 is 7.92. The molecular weight excluding hydrogens is 444 g/mol. The maximum absolute atomic E-state index is 12.4. The molecule has 1 aliphatic carbocycles. The summed E-state index contributed by atoms with van der Waals surface area (Å²) in [4.78, 5) is 12.4. The second-order valence-corrected chi connectivity index (χ2v) is 9.58. The third-order valence-electron chi connectivity index (χ3n) is 5.60. The van der Waals surface area contributed by atoms with Crippen LogP contribution in [-0.4, -0.2) is 39.1 Å². The molecule has 0 bridgehead atoms. The standard InChI is InChI=1S/C24H33ClN4O2S/c1-3-14-29-22(11-8-15-31-21-13-12-19(25)16-18(21)2)27-28-24(29)32-17-23(30)26-20-9-6-4-5-7-10-20/h3,12-13,16,20H,1,4-11,14-15,17H2,2H3,(H,26,30). The van der Waals surface area contributed by atoms with E-state index in [9.17, 15) is 4.79 Å². The van der Waals surface area contributed by atoms with Gasteiger partial charge in [-0.1, -0.05) is 55.1 Å². The molecule has 3 rings (SSSR count). The first-order chi connectivity index (χ1) is 15.6. The molecule has 0 atom stereocenters. The van der Waals surface area contributed by atoms with Gasteiger partial charge in [-0.05, 0) is 49.9 Å². The number of amides is 1. The van der Waals surface area contributed by atoms with E-state index < -0.39 is 0 Å². The molecule has 1 fully saturated rings. The molecule has 1 amide bonds. The summed E-state index contributed by atoms with van der Waals surface area (Å²) in [5, 5.41) is 13.3. The summed E-state index contributed by atoms with van der Waals surface area (Å²) >= 11 is 7.43. The molecule has 2 aromatic rings. The van der Waals surface area contributed by atoms with Gasteiger partial charge < -0.3 is 14.6 Å².